The molecular formula is C25H35ClN4O7S. The van der Waals surface area contributed by atoms with Gasteiger partial charge in [-0.05, 0) is 32.5 Å². The lowest BCUT2D eigenvalue weighted by Gasteiger charge is -2.32. The van der Waals surface area contributed by atoms with E-state index in [1.165, 1.54) is 11.4 Å². The summed E-state index contributed by atoms with van der Waals surface area (Å²) < 4.78 is 45.2. The third-order valence-corrected chi connectivity index (χ3v) is 8.44. The summed E-state index contributed by atoms with van der Waals surface area (Å²) >= 11 is 6.50. The lowest BCUT2D eigenvalue weighted by Crippen LogP contribution is -2.51. The normalized spacial score (nSPS) is 21.2. The van der Waals surface area contributed by atoms with Crippen LogP contribution in [0.1, 0.15) is 25.3 Å². The van der Waals surface area contributed by atoms with Crippen LogP contribution in [0.5, 0.6) is 0 Å². The van der Waals surface area contributed by atoms with E-state index >= 15 is 0 Å². The molecule has 0 bridgehead atoms. The van der Waals surface area contributed by atoms with Crippen molar-refractivity contribution < 1.29 is 32.2 Å². The number of piperazine rings is 1. The first kappa shape index (κ1) is 30.2. The lowest BCUT2D eigenvalue weighted by atomic mass is 9.75. The van der Waals surface area contributed by atoms with Crippen molar-refractivity contribution in [1.29, 1.82) is 0 Å². The van der Waals surface area contributed by atoms with Crippen LogP contribution in [0.4, 0.5) is 0 Å². The zero-order valence-electron chi connectivity index (χ0n) is 22.1. The number of esters is 2. The van der Waals surface area contributed by atoms with Gasteiger partial charge < -0.3 is 19.1 Å². The Hall–Kier alpha value is -2.35. The second-order valence-corrected chi connectivity index (χ2v) is 11.2. The minimum atomic E-state index is -3.62. The number of halogens is 1. The van der Waals surface area contributed by atoms with Crippen LogP contribution in [0.2, 0.25) is 5.02 Å². The van der Waals surface area contributed by atoms with Gasteiger partial charge >= 0.3 is 11.9 Å². The molecule has 0 amide bonds. The summed E-state index contributed by atoms with van der Waals surface area (Å²) in [6.07, 6.45) is 0. The van der Waals surface area contributed by atoms with Gasteiger partial charge in [0.1, 0.15) is 5.92 Å². The van der Waals surface area contributed by atoms with E-state index in [1.54, 1.807) is 38.1 Å². The first-order valence-corrected chi connectivity index (χ1v) is 14.2. The van der Waals surface area contributed by atoms with Crippen molar-refractivity contribution in [3.8, 4) is 0 Å². The standard InChI is InChI=1S/C25H35ClN4O7S/c1-5-37-25(32)23-20(16-36-15-10-27-38(33,34)30-13-11-29(3)12-14-30)28-17(2)21(24(31)35-4)22(23)18-8-6-7-9-19(18)26/h6-9,21-22,27H,5,10-16H2,1-4H3. The molecule has 11 nitrogen and oxygen atoms in total. The molecule has 0 aromatic heterocycles. The average Bonchev–Trinajstić information content (AvgIpc) is 2.88. The number of aliphatic imine (C=N–C) groups is 1. The highest BCUT2D eigenvalue weighted by atomic mass is 35.5. The number of carbonyl (C=O) groups is 2. The number of methoxy groups -OCH3 is 1. The van der Waals surface area contributed by atoms with Crippen LogP contribution >= 0.6 is 11.6 Å². The fourth-order valence-corrected chi connectivity index (χ4v) is 5.94. The Balaban J connectivity index is 1.81. The first-order valence-electron chi connectivity index (χ1n) is 12.4. The molecule has 0 spiro atoms. The van der Waals surface area contributed by atoms with Crippen molar-refractivity contribution in [1.82, 2.24) is 13.9 Å². The number of carbonyl (C=O) groups excluding carboxylic acids is 2. The molecule has 0 saturated carbocycles. The van der Waals surface area contributed by atoms with Crippen molar-refractivity contribution in [2.24, 2.45) is 10.9 Å². The van der Waals surface area contributed by atoms with Crippen LogP contribution in [-0.4, -0.2) is 102 Å². The van der Waals surface area contributed by atoms with Gasteiger partial charge in [0.05, 0.1) is 38.2 Å². The largest absolute Gasteiger partial charge is 0.468 e. The van der Waals surface area contributed by atoms with Gasteiger partial charge in [0.15, 0.2) is 0 Å². The van der Waals surface area contributed by atoms with E-state index < -0.39 is 34.0 Å². The van der Waals surface area contributed by atoms with Crippen LogP contribution in [0.25, 0.3) is 0 Å². The summed E-state index contributed by atoms with van der Waals surface area (Å²) in [5.41, 5.74) is 1.43. The predicted molar refractivity (Wildman–Crippen MR) is 143 cm³/mol. The molecule has 2 aliphatic rings. The minimum Gasteiger partial charge on any atom is -0.468 e. The van der Waals surface area contributed by atoms with Gasteiger partial charge in [0, 0.05) is 49.4 Å². The maximum absolute atomic E-state index is 13.2. The molecule has 1 N–H and O–H groups in total. The average molecular weight is 571 g/mol. The third-order valence-electron chi connectivity index (χ3n) is 6.48. The predicted octanol–water partition coefficient (Wildman–Crippen LogP) is 1.60. The van der Waals surface area contributed by atoms with Crippen LogP contribution in [0, 0.1) is 5.92 Å². The molecule has 1 aromatic carbocycles. The van der Waals surface area contributed by atoms with E-state index in [-0.39, 0.29) is 37.6 Å². The number of nitrogens with one attached hydrogen (secondary N) is 1. The molecule has 0 aliphatic carbocycles. The van der Waals surface area contributed by atoms with Crippen molar-refractivity contribution in [2.75, 3.05) is 66.7 Å². The number of hydrogen-bond acceptors (Lipinski definition) is 9. The summed E-state index contributed by atoms with van der Waals surface area (Å²) in [6.45, 7) is 5.62. The monoisotopic (exact) mass is 570 g/mol. The quantitative estimate of drug-likeness (QED) is 0.314. The Morgan fingerprint density at radius 1 is 1.18 bits per heavy atom. The van der Waals surface area contributed by atoms with E-state index in [2.05, 4.69) is 14.6 Å². The number of rotatable bonds is 11. The number of hydrogen-bond donors (Lipinski definition) is 1. The summed E-state index contributed by atoms with van der Waals surface area (Å²) in [4.78, 5) is 32.6. The van der Waals surface area contributed by atoms with Crippen molar-refractivity contribution in [2.45, 2.75) is 19.8 Å². The molecule has 3 rings (SSSR count). The second-order valence-electron chi connectivity index (χ2n) is 8.99. The molecule has 0 radical (unpaired) electrons. The van der Waals surface area contributed by atoms with Gasteiger partial charge in [-0.2, -0.15) is 17.4 Å². The van der Waals surface area contributed by atoms with Crippen LogP contribution in [0.3, 0.4) is 0 Å². The Morgan fingerprint density at radius 2 is 1.87 bits per heavy atom. The molecule has 2 atom stereocenters. The molecule has 1 saturated heterocycles. The van der Waals surface area contributed by atoms with E-state index in [0.717, 1.165) is 0 Å². The molecule has 2 unspecified atom stereocenters. The van der Waals surface area contributed by atoms with Gasteiger partial charge in [-0.3, -0.25) is 9.79 Å². The summed E-state index contributed by atoms with van der Waals surface area (Å²) in [7, 11) is -0.404. The zero-order valence-corrected chi connectivity index (χ0v) is 23.7. The number of nitrogens with zero attached hydrogens (tertiary/aromatic N) is 3. The lowest BCUT2D eigenvalue weighted by molar-refractivity contribution is -0.144. The highest BCUT2D eigenvalue weighted by molar-refractivity contribution is 7.87. The fraction of sp³-hybridized carbons (Fsp3) is 0.560. The molecule has 13 heteroatoms. The molecule has 1 fully saturated rings. The molecule has 2 aliphatic heterocycles. The van der Waals surface area contributed by atoms with E-state index in [9.17, 15) is 18.0 Å². The van der Waals surface area contributed by atoms with Crippen molar-refractivity contribution >= 4 is 39.5 Å². The first-order chi connectivity index (χ1) is 18.1. The van der Waals surface area contributed by atoms with Crippen LogP contribution < -0.4 is 4.72 Å². The molecule has 38 heavy (non-hydrogen) atoms. The van der Waals surface area contributed by atoms with Gasteiger partial charge in [-0.15, -0.1) is 0 Å². The second kappa shape index (κ2) is 13.6. The van der Waals surface area contributed by atoms with E-state index in [4.69, 9.17) is 25.8 Å². The Morgan fingerprint density at radius 3 is 2.50 bits per heavy atom. The van der Waals surface area contributed by atoms with Crippen molar-refractivity contribution in [3.63, 3.8) is 0 Å². The Labute approximate surface area is 228 Å². The zero-order chi connectivity index (χ0) is 27.9. The SMILES string of the molecule is CCOC(=O)C1=C(COCCNS(=O)(=O)N2CCN(C)CC2)N=C(C)C(C(=O)OC)C1c1ccccc1Cl. The summed E-state index contributed by atoms with van der Waals surface area (Å²) in [5, 5.41) is 0.376. The maximum atomic E-state index is 13.2. The highest BCUT2D eigenvalue weighted by Crippen LogP contribution is 2.42. The van der Waals surface area contributed by atoms with Gasteiger partial charge in [-0.1, -0.05) is 29.8 Å². The Kier molecular flexibility index (Phi) is 10.8. The smallest absolute Gasteiger partial charge is 0.336 e. The Bertz CT molecular complexity index is 1180. The number of likely N-dealkylation sites (N-methyl/N-ethyl adjacent to an activating group) is 1. The molecular weight excluding hydrogens is 536 g/mol. The van der Waals surface area contributed by atoms with Gasteiger partial charge in [-0.25, -0.2) is 4.79 Å². The fourth-order valence-electron chi connectivity index (χ4n) is 4.52. The van der Waals surface area contributed by atoms with Crippen LogP contribution in [0.15, 0.2) is 40.5 Å². The maximum Gasteiger partial charge on any atom is 0.336 e. The highest BCUT2D eigenvalue weighted by Gasteiger charge is 2.43. The summed E-state index contributed by atoms with van der Waals surface area (Å²) in [6, 6.07) is 6.94. The van der Waals surface area contributed by atoms with E-state index in [0.29, 0.717) is 42.5 Å². The van der Waals surface area contributed by atoms with Gasteiger partial charge in [0.2, 0.25) is 0 Å². The molecule has 210 valence electrons. The summed E-state index contributed by atoms with van der Waals surface area (Å²) in [5.74, 6) is -2.89. The van der Waals surface area contributed by atoms with Crippen molar-refractivity contribution in [3.05, 3.63) is 46.1 Å². The van der Waals surface area contributed by atoms with Crippen LogP contribution in [-0.2, 0) is 34.0 Å². The topological polar surface area (TPSA) is 127 Å². The number of benzene rings is 1. The van der Waals surface area contributed by atoms with E-state index in [1.807, 2.05) is 7.05 Å². The van der Waals surface area contributed by atoms with Gasteiger partial charge in [0.25, 0.3) is 10.2 Å². The molecule has 1 aromatic rings. The third kappa shape index (κ3) is 7.19. The minimum absolute atomic E-state index is 0.0398. The molecule has 2 heterocycles. The number of ether oxygens (including phenoxy) is 3.